The van der Waals surface area contributed by atoms with E-state index >= 15 is 0 Å². The molecule has 1 aromatic heterocycles. The summed E-state index contributed by atoms with van der Waals surface area (Å²) in [6, 6.07) is 9.30. The van der Waals surface area contributed by atoms with Crippen LogP contribution in [0.1, 0.15) is 22.6 Å². The van der Waals surface area contributed by atoms with Gasteiger partial charge in [0.25, 0.3) is 5.91 Å². The second kappa shape index (κ2) is 12.7. The van der Waals surface area contributed by atoms with Crippen LogP contribution in [0.4, 0.5) is 18.9 Å². The van der Waals surface area contributed by atoms with Gasteiger partial charge in [-0.05, 0) is 44.3 Å². The van der Waals surface area contributed by atoms with Crippen molar-refractivity contribution in [3.8, 4) is 0 Å². The first-order valence-electron chi connectivity index (χ1n) is 10.9. The normalized spacial score (nSPS) is 14.8. The molecule has 13 heteroatoms. The van der Waals surface area contributed by atoms with Crippen molar-refractivity contribution >= 4 is 70.6 Å². The van der Waals surface area contributed by atoms with E-state index in [2.05, 4.69) is 27.1 Å². The molecule has 0 saturated carbocycles. The molecule has 0 radical (unpaired) electrons. The lowest BCUT2D eigenvalue weighted by atomic mass is 10.2. The highest BCUT2D eigenvalue weighted by Crippen LogP contribution is 2.34. The van der Waals surface area contributed by atoms with Gasteiger partial charge in [-0.15, -0.1) is 24.8 Å². The number of halogens is 7. The van der Waals surface area contributed by atoms with E-state index in [0.717, 1.165) is 26.2 Å². The predicted molar refractivity (Wildman–Crippen MR) is 142 cm³/mol. The molecule has 4 rings (SSSR count). The van der Waals surface area contributed by atoms with Gasteiger partial charge in [-0.1, -0.05) is 35.3 Å². The molecule has 1 aliphatic rings. The third kappa shape index (κ3) is 6.76. The number of fused-ring (bicyclic) bond motifs is 1. The van der Waals surface area contributed by atoms with Crippen LogP contribution in [0.2, 0.25) is 10.0 Å². The van der Waals surface area contributed by atoms with Gasteiger partial charge < -0.3 is 19.7 Å². The molecule has 1 amide bonds. The molecule has 1 fully saturated rings. The van der Waals surface area contributed by atoms with Crippen LogP contribution in [-0.4, -0.2) is 65.0 Å². The van der Waals surface area contributed by atoms with E-state index in [4.69, 9.17) is 23.2 Å². The van der Waals surface area contributed by atoms with Gasteiger partial charge in [0.15, 0.2) is 0 Å². The van der Waals surface area contributed by atoms with Gasteiger partial charge in [0.05, 0.1) is 26.8 Å². The van der Waals surface area contributed by atoms with E-state index in [0.29, 0.717) is 18.5 Å². The van der Waals surface area contributed by atoms with E-state index in [-0.39, 0.29) is 58.2 Å². The average molecular weight is 587 g/mol. The number of aromatic nitrogens is 2. The van der Waals surface area contributed by atoms with Crippen molar-refractivity contribution in [3.05, 3.63) is 57.8 Å². The molecule has 1 aliphatic heterocycles. The predicted octanol–water partition coefficient (Wildman–Crippen LogP) is 6.10. The third-order valence-electron chi connectivity index (χ3n) is 5.92. The summed E-state index contributed by atoms with van der Waals surface area (Å²) in [6.45, 7) is 4.54. The van der Waals surface area contributed by atoms with E-state index in [9.17, 15) is 18.0 Å². The van der Waals surface area contributed by atoms with Gasteiger partial charge in [0.1, 0.15) is 5.52 Å². The van der Waals surface area contributed by atoms with E-state index < -0.39 is 17.9 Å². The fourth-order valence-corrected chi connectivity index (χ4v) is 4.68. The zero-order chi connectivity index (χ0) is 24.5. The second-order valence-electron chi connectivity index (χ2n) is 8.31. The van der Waals surface area contributed by atoms with Crippen molar-refractivity contribution in [2.75, 3.05) is 45.1 Å². The smallest absolute Gasteiger partial charge is 0.320 e. The molecule has 1 saturated heterocycles. The molecule has 0 bridgehead atoms. The molecular formula is C23H26Cl4F3N5O. The number of likely N-dealkylation sites (N-methyl/N-ethyl adjacent to an activating group) is 1. The fourth-order valence-electron chi connectivity index (χ4n) is 4.11. The number of carbonyl (C=O) groups excluding carboxylic acids is 1. The maximum atomic E-state index is 13.9. The number of rotatable bonds is 6. The first-order chi connectivity index (χ1) is 16.1. The first-order valence-corrected chi connectivity index (χ1v) is 11.6. The quantitative estimate of drug-likeness (QED) is 0.379. The maximum Gasteiger partial charge on any atom is 0.449 e. The minimum absolute atomic E-state index is 0. The van der Waals surface area contributed by atoms with Crippen molar-refractivity contribution < 1.29 is 18.0 Å². The monoisotopic (exact) mass is 585 g/mol. The van der Waals surface area contributed by atoms with Crippen molar-refractivity contribution in [1.82, 2.24) is 19.4 Å². The number of nitrogens with one attached hydrogen (secondary N) is 1. The van der Waals surface area contributed by atoms with Gasteiger partial charge in [0, 0.05) is 32.7 Å². The molecule has 36 heavy (non-hydrogen) atoms. The van der Waals surface area contributed by atoms with Crippen molar-refractivity contribution in [3.63, 3.8) is 0 Å². The van der Waals surface area contributed by atoms with E-state index in [1.807, 2.05) is 0 Å². The van der Waals surface area contributed by atoms with Crippen molar-refractivity contribution in [1.29, 1.82) is 0 Å². The number of para-hydroxylation sites is 1. The molecule has 0 atom stereocenters. The number of hydrogen-bond acceptors (Lipinski definition) is 4. The third-order valence-corrected chi connectivity index (χ3v) is 6.55. The largest absolute Gasteiger partial charge is 0.449 e. The molecule has 1 N–H and O–H groups in total. The SMILES string of the molecule is CN1CCN(CCCn2c(C(F)(F)F)nc3c(NC(=O)c4c(Cl)cccc4Cl)cccc32)CC1.Cl.Cl. The highest BCUT2D eigenvalue weighted by molar-refractivity contribution is 6.40. The minimum atomic E-state index is -4.64. The summed E-state index contributed by atoms with van der Waals surface area (Å²) in [5.41, 5.74) is 0.562. The Balaban J connectivity index is 0.00000228. The van der Waals surface area contributed by atoms with Gasteiger partial charge in [-0.25, -0.2) is 4.98 Å². The lowest BCUT2D eigenvalue weighted by molar-refractivity contribution is -0.147. The fraction of sp³-hybridized carbons (Fsp3) is 0.391. The van der Waals surface area contributed by atoms with Crippen LogP contribution in [0.15, 0.2) is 36.4 Å². The van der Waals surface area contributed by atoms with Crippen LogP contribution in [0, 0.1) is 0 Å². The summed E-state index contributed by atoms with van der Waals surface area (Å²) in [6.07, 6.45) is -4.09. The molecule has 0 spiro atoms. The first kappa shape index (κ1) is 30.5. The van der Waals surface area contributed by atoms with Crippen LogP contribution in [0.25, 0.3) is 11.0 Å². The summed E-state index contributed by atoms with van der Waals surface area (Å²) in [7, 11) is 2.06. The summed E-state index contributed by atoms with van der Waals surface area (Å²) in [4.78, 5) is 21.2. The Morgan fingerprint density at radius 1 is 1.00 bits per heavy atom. The van der Waals surface area contributed by atoms with E-state index in [1.54, 1.807) is 18.2 Å². The number of aryl methyl sites for hydroxylation is 1. The summed E-state index contributed by atoms with van der Waals surface area (Å²) >= 11 is 12.2. The zero-order valence-corrected chi connectivity index (χ0v) is 22.5. The highest BCUT2D eigenvalue weighted by Gasteiger charge is 2.38. The molecule has 2 aromatic carbocycles. The average Bonchev–Trinajstić information content (AvgIpc) is 3.15. The van der Waals surface area contributed by atoms with Gasteiger partial charge in [-0.3, -0.25) is 4.79 Å². The molecule has 0 unspecified atom stereocenters. The standard InChI is InChI=1S/C23H24Cl2F3N5O.2ClH/c1-31-11-13-32(14-12-31)9-4-10-33-18-8-3-7-17(20(18)30-22(33)23(26,27)28)29-21(34)19-15(24)5-2-6-16(19)25;;/h2-3,5-8H,4,9-14H2,1H3,(H,29,34);2*1H. The number of benzene rings is 2. The van der Waals surface area contributed by atoms with E-state index in [1.165, 1.54) is 22.8 Å². The summed E-state index contributed by atoms with van der Waals surface area (Å²) in [5, 5.41) is 2.91. The van der Waals surface area contributed by atoms with Gasteiger partial charge in [-0.2, -0.15) is 13.2 Å². The second-order valence-corrected chi connectivity index (χ2v) is 9.12. The Morgan fingerprint density at radius 2 is 1.61 bits per heavy atom. The van der Waals surface area contributed by atoms with Crippen LogP contribution in [0.3, 0.4) is 0 Å². The number of nitrogens with zero attached hydrogens (tertiary/aromatic N) is 4. The topological polar surface area (TPSA) is 53.4 Å². The van der Waals surface area contributed by atoms with Crippen molar-refractivity contribution in [2.24, 2.45) is 0 Å². The molecule has 0 aliphatic carbocycles. The van der Waals surface area contributed by atoms with Crippen LogP contribution >= 0.6 is 48.0 Å². The van der Waals surface area contributed by atoms with Crippen LogP contribution in [-0.2, 0) is 12.7 Å². The number of hydrogen-bond donors (Lipinski definition) is 1. The number of piperazine rings is 1. The molecule has 6 nitrogen and oxygen atoms in total. The minimum Gasteiger partial charge on any atom is -0.320 e. The van der Waals surface area contributed by atoms with Crippen LogP contribution < -0.4 is 5.32 Å². The summed E-state index contributed by atoms with van der Waals surface area (Å²) < 4.78 is 42.7. The summed E-state index contributed by atoms with van der Waals surface area (Å²) in [5.74, 6) is -1.61. The Labute approximate surface area is 229 Å². The van der Waals surface area contributed by atoms with Gasteiger partial charge in [0.2, 0.25) is 5.82 Å². The Hall–Kier alpha value is -1.75. The van der Waals surface area contributed by atoms with Crippen molar-refractivity contribution in [2.45, 2.75) is 19.1 Å². The number of anilines is 1. The van der Waals surface area contributed by atoms with Gasteiger partial charge >= 0.3 is 6.18 Å². The number of alkyl halides is 3. The Kier molecular flexibility index (Phi) is 10.7. The number of amides is 1. The number of carbonyl (C=O) groups is 1. The highest BCUT2D eigenvalue weighted by atomic mass is 35.5. The maximum absolute atomic E-state index is 13.9. The lowest BCUT2D eigenvalue weighted by Gasteiger charge is -2.32. The number of imidazole rings is 1. The Morgan fingerprint density at radius 3 is 2.22 bits per heavy atom. The van der Waals surface area contributed by atoms with Crippen LogP contribution in [0.5, 0.6) is 0 Å². The zero-order valence-electron chi connectivity index (χ0n) is 19.3. The lowest BCUT2D eigenvalue weighted by Crippen LogP contribution is -2.44. The molecular weight excluding hydrogens is 561 g/mol. The molecule has 198 valence electrons. The molecule has 2 heterocycles. The Bertz CT molecular complexity index is 1180. The molecule has 3 aromatic rings.